The predicted octanol–water partition coefficient (Wildman–Crippen LogP) is 5.64. The van der Waals surface area contributed by atoms with Gasteiger partial charge in [0.25, 0.3) is 0 Å². The van der Waals surface area contributed by atoms with Crippen molar-refractivity contribution >= 4 is 15.7 Å². The van der Waals surface area contributed by atoms with Gasteiger partial charge in [-0.25, -0.2) is 0 Å². The van der Waals surface area contributed by atoms with E-state index in [0.29, 0.717) is 0 Å². The molecule has 0 N–H and O–H groups in total. The van der Waals surface area contributed by atoms with Crippen molar-refractivity contribution in [1.29, 1.82) is 0 Å². The Morgan fingerprint density at radius 3 is 0.750 bits per heavy atom. The maximum absolute atomic E-state index is 11.2. The molecule has 0 saturated carbocycles. The molecule has 0 rings (SSSR count). The second-order valence-electron chi connectivity index (χ2n) is 1.85. The Balaban J connectivity index is 4.72. The van der Waals surface area contributed by atoms with Crippen molar-refractivity contribution in [3.63, 3.8) is 0 Å². The molecule has 0 atom stereocenters. The zero-order chi connectivity index (χ0) is 10.3. The summed E-state index contributed by atoms with van der Waals surface area (Å²) in [5, 5.41) is 0. The molecule has 0 aliphatic rings. The van der Waals surface area contributed by atoms with Crippen LogP contribution in [0.3, 0.4) is 0 Å². The monoisotopic (exact) mass is 240 g/mol. The normalized spacial score (nSPS) is 21.3. The van der Waals surface area contributed by atoms with E-state index >= 15 is 0 Å². The van der Waals surface area contributed by atoms with Crippen molar-refractivity contribution < 1.29 is 33.6 Å². The van der Waals surface area contributed by atoms with Gasteiger partial charge in [-0.15, -0.1) is 0 Å². The first-order chi connectivity index (χ1) is 4.71. The molecule has 10 heteroatoms. The van der Waals surface area contributed by atoms with Crippen LogP contribution in [0.4, 0.5) is 33.6 Å². The predicted molar refractivity (Wildman–Crippen MR) is 31.8 cm³/mol. The van der Waals surface area contributed by atoms with Crippen LogP contribution >= 0.6 is 15.7 Å². The first-order valence-electron chi connectivity index (χ1n) is 2.20. The summed E-state index contributed by atoms with van der Waals surface area (Å²) in [5.41, 5.74) is 0. The van der Waals surface area contributed by atoms with Crippen LogP contribution in [0.1, 0.15) is 0 Å². The molecular formula is C2H2F8P2. The molecule has 0 aliphatic heterocycles. The van der Waals surface area contributed by atoms with Gasteiger partial charge >= 0.3 is 60.9 Å². The summed E-state index contributed by atoms with van der Waals surface area (Å²) in [4.78, 5) is 0. The van der Waals surface area contributed by atoms with Crippen LogP contribution in [0.2, 0.25) is 0 Å². The van der Waals surface area contributed by atoms with E-state index in [1.54, 1.807) is 0 Å². The van der Waals surface area contributed by atoms with E-state index in [1.807, 2.05) is 0 Å². The fourth-order valence-electron chi connectivity index (χ4n) is 0.202. The summed E-state index contributed by atoms with van der Waals surface area (Å²) in [5.74, 6) is -3.35. The molecule has 0 aromatic carbocycles. The molecule has 0 spiro atoms. The Kier molecular flexibility index (Phi) is 2.30. The number of halogens is 8. The van der Waals surface area contributed by atoms with Crippen LogP contribution in [0.15, 0.2) is 11.6 Å². The Morgan fingerprint density at radius 1 is 0.500 bits per heavy atom. The van der Waals surface area contributed by atoms with Crippen molar-refractivity contribution in [2.75, 3.05) is 0 Å². The molecule has 0 saturated heterocycles. The summed E-state index contributed by atoms with van der Waals surface area (Å²) < 4.78 is 89.4. The Bertz CT molecular complexity index is 172. The summed E-state index contributed by atoms with van der Waals surface area (Å²) in [6.07, 6.45) is 0. The molecule has 0 aromatic heterocycles. The molecule has 0 radical (unpaired) electrons. The van der Waals surface area contributed by atoms with E-state index < -0.39 is 27.3 Å². The summed E-state index contributed by atoms with van der Waals surface area (Å²) in [6, 6.07) is 0. The van der Waals surface area contributed by atoms with Crippen molar-refractivity contribution in [2.24, 2.45) is 0 Å². The Hall–Kier alpha value is 0.0400. The van der Waals surface area contributed by atoms with Crippen molar-refractivity contribution in [2.45, 2.75) is 0 Å². The SMILES string of the molecule is FP(F)(F)(F)/C=C/P(F)(F)(F)F. The van der Waals surface area contributed by atoms with E-state index in [0.717, 1.165) is 0 Å². The maximum atomic E-state index is 11.2. The van der Waals surface area contributed by atoms with Gasteiger partial charge < -0.3 is 0 Å². The Morgan fingerprint density at radius 2 is 0.667 bits per heavy atom. The van der Waals surface area contributed by atoms with E-state index in [2.05, 4.69) is 0 Å². The molecule has 76 valence electrons. The van der Waals surface area contributed by atoms with Crippen molar-refractivity contribution in [3.05, 3.63) is 11.6 Å². The van der Waals surface area contributed by atoms with E-state index in [1.165, 1.54) is 0 Å². The average molecular weight is 240 g/mol. The minimum absolute atomic E-state index is 1.68. The van der Waals surface area contributed by atoms with Gasteiger partial charge in [0.05, 0.1) is 0 Å². The van der Waals surface area contributed by atoms with Gasteiger partial charge in [0, 0.05) is 0 Å². The van der Waals surface area contributed by atoms with E-state index in [-0.39, 0.29) is 0 Å². The molecule has 12 heavy (non-hydrogen) atoms. The third-order valence-corrected chi connectivity index (χ3v) is 1.95. The molecule has 0 heterocycles. The molecule has 0 aromatic rings. The van der Waals surface area contributed by atoms with Crippen LogP contribution in [0.25, 0.3) is 0 Å². The second kappa shape index (κ2) is 2.29. The third kappa shape index (κ3) is 10.0. The zero-order valence-corrected chi connectivity index (χ0v) is 6.86. The van der Waals surface area contributed by atoms with Gasteiger partial charge in [0.1, 0.15) is 0 Å². The van der Waals surface area contributed by atoms with Gasteiger partial charge in [-0.2, -0.15) is 0 Å². The number of rotatable bonds is 2. The average Bonchev–Trinajstić information content (AvgIpc) is 1.53. The molecule has 0 nitrogen and oxygen atoms in total. The third-order valence-electron chi connectivity index (χ3n) is 0.517. The molecule has 0 unspecified atom stereocenters. The minimum atomic E-state index is -8.38. The van der Waals surface area contributed by atoms with Crippen LogP contribution in [-0.2, 0) is 0 Å². The van der Waals surface area contributed by atoms with E-state index in [9.17, 15) is 33.6 Å². The first kappa shape index (κ1) is 12.0. The Labute approximate surface area is 62.1 Å². The fraction of sp³-hybridized carbons (Fsp3) is 0. The molecule has 0 bridgehead atoms. The fourth-order valence-corrected chi connectivity index (χ4v) is 1.81. The molecule has 0 fully saturated rings. The summed E-state index contributed by atoms with van der Waals surface area (Å²) in [7, 11) is -16.8. The standard InChI is InChI=1S/C2H2F8P2/c3-11(4,5,6)1-2-12(7,8,9)10/h1-2H/b2-1+. The molecule has 0 amide bonds. The van der Waals surface area contributed by atoms with Crippen molar-refractivity contribution in [3.8, 4) is 0 Å². The van der Waals surface area contributed by atoms with Gasteiger partial charge in [0.15, 0.2) is 0 Å². The van der Waals surface area contributed by atoms with Crippen LogP contribution in [0, 0.1) is 0 Å². The van der Waals surface area contributed by atoms with Gasteiger partial charge in [0.2, 0.25) is 0 Å². The van der Waals surface area contributed by atoms with E-state index in [4.69, 9.17) is 0 Å². The van der Waals surface area contributed by atoms with Crippen LogP contribution in [0.5, 0.6) is 0 Å². The number of hydrogen-bond acceptors (Lipinski definition) is 0. The second-order valence-corrected chi connectivity index (χ2v) is 5.54. The van der Waals surface area contributed by atoms with Crippen LogP contribution in [-0.4, -0.2) is 0 Å². The van der Waals surface area contributed by atoms with Crippen molar-refractivity contribution in [1.82, 2.24) is 0 Å². The summed E-state index contributed by atoms with van der Waals surface area (Å²) >= 11 is 0. The van der Waals surface area contributed by atoms with Gasteiger partial charge in [-0.1, -0.05) is 0 Å². The molecular weight excluding hydrogens is 238 g/mol. The topological polar surface area (TPSA) is 0 Å². The first-order valence-corrected chi connectivity index (χ1v) is 5.94. The summed E-state index contributed by atoms with van der Waals surface area (Å²) in [6.45, 7) is 0. The van der Waals surface area contributed by atoms with Gasteiger partial charge in [-0.05, 0) is 0 Å². The molecule has 0 aliphatic carbocycles. The zero-order valence-electron chi connectivity index (χ0n) is 5.07. The number of hydrogen-bond donors (Lipinski definition) is 0. The quantitative estimate of drug-likeness (QED) is 0.432. The van der Waals surface area contributed by atoms with Crippen LogP contribution < -0.4 is 0 Å². The van der Waals surface area contributed by atoms with Gasteiger partial charge in [-0.3, -0.25) is 0 Å².